The normalized spacial score (nSPS) is 11.6. The minimum absolute atomic E-state index is 0.00167. The molecule has 0 unspecified atom stereocenters. The Morgan fingerprint density at radius 3 is 2.59 bits per heavy atom. The van der Waals surface area contributed by atoms with E-state index >= 15 is 0 Å². The zero-order valence-corrected chi connectivity index (χ0v) is 18.0. The SMILES string of the molecule is CCCCOc1ccc(-c2n[nH]c(C(F)(F)F)c2-c2cc(C(=O)OC)oc2C)c(O)c1C. The molecule has 0 aliphatic heterocycles. The minimum atomic E-state index is -4.77. The lowest BCUT2D eigenvalue weighted by atomic mass is 9.96. The van der Waals surface area contributed by atoms with Crippen LogP contribution < -0.4 is 4.74 Å². The number of hydrogen-bond acceptors (Lipinski definition) is 6. The number of alkyl halides is 3. The molecule has 7 nitrogen and oxygen atoms in total. The van der Waals surface area contributed by atoms with Gasteiger partial charge in [0.25, 0.3) is 0 Å². The molecule has 32 heavy (non-hydrogen) atoms. The number of nitrogens with zero attached hydrogens (tertiary/aromatic N) is 1. The second kappa shape index (κ2) is 8.97. The Bertz CT molecular complexity index is 1130. The minimum Gasteiger partial charge on any atom is -0.507 e. The van der Waals surface area contributed by atoms with Crippen LogP contribution in [0.25, 0.3) is 22.4 Å². The van der Waals surface area contributed by atoms with Gasteiger partial charge >= 0.3 is 12.1 Å². The van der Waals surface area contributed by atoms with Crippen LogP contribution in [0.4, 0.5) is 13.2 Å². The Hall–Kier alpha value is -3.43. The standard InChI is InChI=1S/C22H23F3N2O5/c1-5-6-9-31-15-8-7-13(19(28)11(15)2)18-17(20(27-26-18)22(23,24)25)14-10-16(21(29)30-4)32-12(14)3/h7-8,10,28H,5-6,9H2,1-4H3,(H,26,27). The predicted octanol–water partition coefficient (Wildman–Crippen LogP) is 5.64. The van der Waals surface area contributed by atoms with Crippen molar-refractivity contribution in [2.75, 3.05) is 13.7 Å². The molecule has 0 amide bonds. The fourth-order valence-electron chi connectivity index (χ4n) is 3.29. The van der Waals surface area contributed by atoms with Crippen molar-refractivity contribution < 1.29 is 37.0 Å². The third-order valence-electron chi connectivity index (χ3n) is 5.02. The van der Waals surface area contributed by atoms with Crippen LogP contribution in [-0.2, 0) is 10.9 Å². The summed E-state index contributed by atoms with van der Waals surface area (Å²) in [6, 6.07) is 4.19. The van der Waals surface area contributed by atoms with Crippen molar-refractivity contribution in [1.82, 2.24) is 10.2 Å². The van der Waals surface area contributed by atoms with Gasteiger partial charge in [-0.1, -0.05) is 13.3 Å². The lowest BCUT2D eigenvalue weighted by Gasteiger charge is -2.13. The van der Waals surface area contributed by atoms with E-state index in [0.717, 1.165) is 26.0 Å². The first kappa shape index (κ1) is 23.2. The van der Waals surface area contributed by atoms with Crippen LogP contribution in [-0.4, -0.2) is 35.0 Å². The van der Waals surface area contributed by atoms with Gasteiger partial charge in [-0.05, 0) is 38.5 Å². The molecule has 0 atom stereocenters. The van der Waals surface area contributed by atoms with Crippen molar-refractivity contribution in [2.45, 2.75) is 39.8 Å². The van der Waals surface area contributed by atoms with E-state index in [9.17, 15) is 23.1 Å². The van der Waals surface area contributed by atoms with Gasteiger partial charge in [-0.25, -0.2) is 4.79 Å². The molecule has 0 saturated heterocycles. The molecule has 2 heterocycles. The Morgan fingerprint density at radius 1 is 1.25 bits per heavy atom. The summed E-state index contributed by atoms with van der Waals surface area (Å²) in [6.07, 6.45) is -3.02. The van der Waals surface area contributed by atoms with Crippen molar-refractivity contribution >= 4 is 5.97 Å². The summed E-state index contributed by atoms with van der Waals surface area (Å²) < 4.78 is 56.9. The molecule has 0 aliphatic rings. The number of phenolic OH excluding ortho intramolecular Hbond substituents is 1. The molecule has 0 fully saturated rings. The van der Waals surface area contributed by atoms with Crippen LogP contribution >= 0.6 is 0 Å². The number of aromatic hydroxyl groups is 1. The molecule has 0 saturated carbocycles. The number of ether oxygens (including phenoxy) is 2. The van der Waals surface area contributed by atoms with Gasteiger partial charge in [-0.15, -0.1) is 0 Å². The van der Waals surface area contributed by atoms with Gasteiger partial charge in [0.2, 0.25) is 5.76 Å². The van der Waals surface area contributed by atoms with Crippen LogP contribution in [0.2, 0.25) is 0 Å². The summed E-state index contributed by atoms with van der Waals surface area (Å²) in [5.74, 6) is -0.838. The number of hydrogen-bond donors (Lipinski definition) is 2. The van der Waals surface area contributed by atoms with E-state index in [4.69, 9.17) is 9.15 Å². The van der Waals surface area contributed by atoms with Gasteiger partial charge in [0.1, 0.15) is 28.6 Å². The molecule has 0 bridgehead atoms. The molecule has 0 spiro atoms. The Kier molecular flexibility index (Phi) is 6.52. The number of benzene rings is 1. The number of rotatable bonds is 7. The van der Waals surface area contributed by atoms with E-state index in [-0.39, 0.29) is 39.7 Å². The number of phenols is 1. The van der Waals surface area contributed by atoms with Gasteiger partial charge < -0.3 is 19.0 Å². The molecule has 3 rings (SSSR count). The molecular weight excluding hydrogens is 429 g/mol. The number of halogens is 3. The Labute approximate surface area is 182 Å². The largest absolute Gasteiger partial charge is 0.507 e. The molecule has 2 N–H and O–H groups in total. The lowest BCUT2D eigenvalue weighted by molar-refractivity contribution is -0.140. The summed E-state index contributed by atoms with van der Waals surface area (Å²) >= 11 is 0. The first-order valence-electron chi connectivity index (χ1n) is 9.90. The van der Waals surface area contributed by atoms with Crippen LogP contribution in [0.1, 0.15) is 47.3 Å². The maximum absolute atomic E-state index is 13.8. The summed E-state index contributed by atoms with van der Waals surface area (Å²) in [4.78, 5) is 11.8. The van der Waals surface area contributed by atoms with E-state index in [1.54, 1.807) is 13.0 Å². The monoisotopic (exact) mass is 452 g/mol. The molecule has 3 aromatic rings. The Morgan fingerprint density at radius 2 is 1.97 bits per heavy atom. The summed E-state index contributed by atoms with van der Waals surface area (Å²) in [6.45, 7) is 5.49. The van der Waals surface area contributed by atoms with Crippen molar-refractivity contribution in [3.05, 3.63) is 41.0 Å². The number of aromatic nitrogens is 2. The molecule has 172 valence electrons. The molecule has 1 aromatic carbocycles. The van der Waals surface area contributed by atoms with Crippen LogP contribution in [0.5, 0.6) is 11.5 Å². The predicted molar refractivity (Wildman–Crippen MR) is 110 cm³/mol. The number of furan rings is 1. The number of nitrogens with one attached hydrogen (secondary N) is 1. The summed E-state index contributed by atoms with van der Waals surface area (Å²) in [5, 5.41) is 16.6. The number of methoxy groups -OCH3 is 1. The number of esters is 1. The summed E-state index contributed by atoms with van der Waals surface area (Å²) in [5.41, 5.74) is -1.16. The Balaban J connectivity index is 2.18. The highest BCUT2D eigenvalue weighted by atomic mass is 19.4. The third-order valence-corrected chi connectivity index (χ3v) is 5.02. The van der Waals surface area contributed by atoms with Crippen molar-refractivity contribution in [1.29, 1.82) is 0 Å². The van der Waals surface area contributed by atoms with Gasteiger partial charge in [0, 0.05) is 22.3 Å². The first-order valence-corrected chi connectivity index (χ1v) is 9.90. The fraction of sp³-hybridized carbons (Fsp3) is 0.364. The average molecular weight is 452 g/mol. The van der Waals surface area contributed by atoms with E-state index in [2.05, 4.69) is 9.84 Å². The van der Waals surface area contributed by atoms with Gasteiger partial charge in [0.15, 0.2) is 0 Å². The third kappa shape index (κ3) is 4.30. The van der Waals surface area contributed by atoms with Crippen LogP contribution in [0.15, 0.2) is 22.6 Å². The number of H-pyrrole nitrogens is 1. The van der Waals surface area contributed by atoms with E-state index in [1.165, 1.54) is 13.0 Å². The molecular formula is C22H23F3N2O5. The van der Waals surface area contributed by atoms with E-state index < -0.39 is 17.8 Å². The molecule has 0 aliphatic carbocycles. The maximum Gasteiger partial charge on any atom is 0.433 e. The fourth-order valence-corrected chi connectivity index (χ4v) is 3.29. The van der Waals surface area contributed by atoms with Crippen LogP contribution in [0.3, 0.4) is 0 Å². The first-order chi connectivity index (χ1) is 15.1. The van der Waals surface area contributed by atoms with Gasteiger partial charge in [-0.2, -0.15) is 18.3 Å². The summed E-state index contributed by atoms with van der Waals surface area (Å²) in [7, 11) is 1.13. The molecule has 10 heteroatoms. The second-order valence-corrected chi connectivity index (χ2v) is 7.18. The van der Waals surface area contributed by atoms with Gasteiger partial charge in [0.05, 0.1) is 13.7 Å². The smallest absolute Gasteiger partial charge is 0.433 e. The van der Waals surface area contributed by atoms with Crippen LogP contribution in [0, 0.1) is 13.8 Å². The average Bonchev–Trinajstić information content (AvgIpc) is 3.34. The lowest BCUT2D eigenvalue weighted by Crippen LogP contribution is -2.07. The second-order valence-electron chi connectivity index (χ2n) is 7.18. The number of unbranched alkanes of at least 4 members (excludes halogenated alkanes) is 1. The number of carbonyl (C=O) groups excluding carboxylic acids is 1. The van der Waals surface area contributed by atoms with Gasteiger partial charge in [-0.3, -0.25) is 5.10 Å². The topological polar surface area (TPSA) is 97.6 Å². The zero-order chi connectivity index (χ0) is 23.6. The molecule has 0 radical (unpaired) electrons. The van der Waals surface area contributed by atoms with Crippen molar-refractivity contribution in [3.8, 4) is 33.9 Å². The number of aryl methyl sites for hydroxylation is 1. The highest BCUT2D eigenvalue weighted by molar-refractivity contribution is 5.92. The van der Waals surface area contributed by atoms with E-state index in [0.29, 0.717) is 17.9 Å². The number of aromatic amines is 1. The van der Waals surface area contributed by atoms with Crippen molar-refractivity contribution in [2.24, 2.45) is 0 Å². The maximum atomic E-state index is 13.8. The number of carbonyl (C=O) groups is 1. The highest BCUT2D eigenvalue weighted by Crippen LogP contribution is 2.46. The zero-order valence-electron chi connectivity index (χ0n) is 18.0. The highest BCUT2D eigenvalue weighted by Gasteiger charge is 2.39. The van der Waals surface area contributed by atoms with E-state index in [1.807, 2.05) is 12.0 Å². The molecule has 2 aromatic heterocycles. The quantitative estimate of drug-likeness (QED) is 0.356. The van der Waals surface area contributed by atoms with Crippen molar-refractivity contribution in [3.63, 3.8) is 0 Å².